The first-order valence-electron chi connectivity index (χ1n) is 5.50. The van der Waals surface area contributed by atoms with Crippen LogP contribution in [0.4, 0.5) is 23.9 Å². The smallest absolute Gasteiger partial charge is 0.419 e. The zero-order valence-electron chi connectivity index (χ0n) is 9.68. The number of carbonyl (C=O) groups is 1. The first-order valence-corrected chi connectivity index (χ1v) is 5.50. The average Bonchev–Trinajstić information content (AvgIpc) is 2.75. The van der Waals surface area contributed by atoms with Gasteiger partial charge in [0, 0.05) is 25.5 Å². The van der Waals surface area contributed by atoms with Crippen molar-refractivity contribution in [1.82, 2.24) is 15.3 Å². The van der Waals surface area contributed by atoms with E-state index in [1.807, 2.05) is 0 Å². The highest BCUT2D eigenvalue weighted by molar-refractivity contribution is 5.65. The third-order valence-corrected chi connectivity index (χ3v) is 2.76. The highest BCUT2D eigenvalue weighted by atomic mass is 19.4. The van der Waals surface area contributed by atoms with Crippen LogP contribution >= 0.6 is 0 Å². The minimum atomic E-state index is -4.46. The zero-order chi connectivity index (χ0) is 14.0. The number of nitrogens with one attached hydrogen (secondary N) is 1. The number of hydrogen-bond donors (Lipinski definition) is 2. The fourth-order valence-electron chi connectivity index (χ4n) is 1.87. The number of alkyl halides is 3. The van der Waals surface area contributed by atoms with E-state index in [-0.39, 0.29) is 12.0 Å². The molecule has 0 bridgehead atoms. The van der Waals surface area contributed by atoms with Gasteiger partial charge in [-0.3, -0.25) is 0 Å². The second-order valence-electron chi connectivity index (χ2n) is 4.15. The molecule has 9 heteroatoms. The summed E-state index contributed by atoms with van der Waals surface area (Å²) in [4.78, 5) is 19.4. The summed E-state index contributed by atoms with van der Waals surface area (Å²) in [6.45, 7) is 0.841. The Morgan fingerprint density at radius 3 is 2.58 bits per heavy atom. The Balaban J connectivity index is 2.02. The lowest BCUT2D eigenvalue weighted by molar-refractivity contribution is -0.138. The molecule has 104 valence electrons. The molecule has 1 aromatic rings. The molecule has 19 heavy (non-hydrogen) atoms. The van der Waals surface area contributed by atoms with E-state index in [2.05, 4.69) is 15.3 Å². The number of nitrogens with zero attached hydrogens (tertiary/aromatic N) is 3. The van der Waals surface area contributed by atoms with Crippen molar-refractivity contribution >= 4 is 12.0 Å². The van der Waals surface area contributed by atoms with Crippen LogP contribution in [0.3, 0.4) is 0 Å². The topological polar surface area (TPSA) is 78.4 Å². The minimum absolute atomic E-state index is 0.169. The van der Waals surface area contributed by atoms with Crippen molar-refractivity contribution in [3.8, 4) is 0 Å². The SMILES string of the molecule is O=C(O)NC1CCN(c2ncc(C(F)(F)F)cn2)C1. The van der Waals surface area contributed by atoms with Gasteiger partial charge in [-0.2, -0.15) is 13.2 Å². The third kappa shape index (κ3) is 3.24. The molecule has 1 amide bonds. The summed E-state index contributed by atoms with van der Waals surface area (Å²) in [5.41, 5.74) is -0.907. The number of amides is 1. The number of hydrogen-bond acceptors (Lipinski definition) is 4. The monoisotopic (exact) mass is 276 g/mol. The number of aromatic nitrogens is 2. The van der Waals surface area contributed by atoms with Gasteiger partial charge in [-0.15, -0.1) is 0 Å². The number of anilines is 1. The van der Waals surface area contributed by atoms with E-state index < -0.39 is 17.8 Å². The summed E-state index contributed by atoms with van der Waals surface area (Å²) in [5, 5.41) is 10.9. The first-order chi connectivity index (χ1) is 8.86. The van der Waals surface area contributed by atoms with E-state index in [0.717, 1.165) is 12.4 Å². The molecule has 1 aliphatic heterocycles. The van der Waals surface area contributed by atoms with Crippen LogP contribution in [0, 0.1) is 0 Å². The van der Waals surface area contributed by atoms with Crippen LogP contribution in [-0.4, -0.2) is 40.3 Å². The van der Waals surface area contributed by atoms with Gasteiger partial charge in [0.05, 0.1) is 11.6 Å². The van der Waals surface area contributed by atoms with E-state index in [9.17, 15) is 18.0 Å². The Morgan fingerprint density at radius 2 is 2.05 bits per heavy atom. The molecule has 0 radical (unpaired) electrons. The fourth-order valence-corrected chi connectivity index (χ4v) is 1.87. The molecular formula is C10H11F3N4O2. The van der Waals surface area contributed by atoms with Crippen molar-refractivity contribution in [2.45, 2.75) is 18.6 Å². The summed E-state index contributed by atoms with van der Waals surface area (Å²) in [6.07, 6.45) is -3.58. The van der Waals surface area contributed by atoms with Gasteiger partial charge in [0.25, 0.3) is 0 Å². The quantitative estimate of drug-likeness (QED) is 0.852. The predicted octanol–water partition coefficient (Wildman–Crippen LogP) is 1.34. The Hall–Kier alpha value is -2.06. The molecule has 0 spiro atoms. The van der Waals surface area contributed by atoms with Crippen molar-refractivity contribution in [3.63, 3.8) is 0 Å². The molecule has 0 saturated carbocycles. The number of halogens is 3. The first kappa shape index (κ1) is 13.4. The lowest BCUT2D eigenvalue weighted by Gasteiger charge is -2.16. The second kappa shape index (κ2) is 4.90. The number of rotatable bonds is 2. The van der Waals surface area contributed by atoms with Crippen LogP contribution < -0.4 is 10.2 Å². The minimum Gasteiger partial charge on any atom is -0.465 e. The summed E-state index contributed by atoms with van der Waals surface area (Å²) < 4.78 is 37.0. The zero-order valence-corrected chi connectivity index (χ0v) is 9.68. The Labute approximate surface area is 106 Å². The van der Waals surface area contributed by atoms with Gasteiger partial charge in [0.2, 0.25) is 5.95 Å². The molecule has 1 fully saturated rings. The molecule has 6 nitrogen and oxygen atoms in total. The standard InChI is InChI=1S/C10H11F3N4O2/c11-10(12,13)6-3-14-8(15-4-6)17-2-1-7(5-17)16-9(18)19/h3-4,7,16H,1-2,5H2,(H,18,19). The highest BCUT2D eigenvalue weighted by Crippen LogP contribution is 2.28. The normalized spacial score (nSPS) is 19.5. The molecule has 1 aliphatic rings. The maximum absolute atomic E-state index is 12.3. The van der Waals surface area contributed by atoms with E-state index >= 15 is 0 Å². The van der Waals surface area contributed by atoms with Crippen molar-refractivity contribution < 1.29 is 23.1 Å². The molecule has 1 atom stereocenters. The summed E-state index contributed by atoms with van der Waals surface area (Å²) in [6, 6.07) is -0.261. The average molecular weight is 276 g/mol. The maximum atomic E-state index is 12.3. The fraction of sp³-hybridized carbons (Fsp3) is 0.500. The van der Waals surface area contributed by atoms with Crippen LogP contribution in [0.1, 0.15) is 12.0 Å². The van der Waals surface area contributed by atoms with Crippen LogP contribution in [0.2, 0.25) is 0 Å². The van der Waals surface area contributed by atoms with Gasteiger partial charge in [-0.05, 0) is 6.42 Å². The molecule has 2 N–H and O–H groups in total. The van der Waals surface area contributed by atoms with Gasteiger partial charge < -0.3 is 15.3 Å². The van der Waals surface area contributed by atoms with Gasteiger partial charge in [0.1, 0.15) is 0 Å². The molecule has 0 aromatic carbocycles. The summed E-state index contributed by atoms with van der Waals surface area (Å²) in [7, 11) is 0. The Bertz CT molecular complexity index is 463. The van der Waals surface area contributed by atoms with Crippen LogP contribution in [0.15, 0.2) is 12.4 Å². The van der Waals surface area contributed by atoms with E-state index in [0.29, 0.717) is 19.5 Å². The molecule has 1 unspecified atom stereocenters. The molecule has 2 rings (SSSR count). The van der Waals surface area contributed by atoms with Crippen LogP contribution in [0.5, 0.6) is 0 Å². The molecule has 2 heterocycles. The van der Waals surface area contributed by atoms with E-state index in [1.54, 1.807) is 4.90 Å². The summed E-state index contributed by atoms with van der Waals surface area (Å²) >= 11 is 0. The lowest BCUT2D eigenvalue weighted by Crippen LogP contribution is -2.36. The van der Waals surface area contributed by atoms with E-state index in [4.69, 9.17) is 5.11 Å². The molecular weight excluding hydrogens is 265 g/mol. The molecule has 0 aliphatic carbocycles. The van der Waals surface area contributed by atoms with Gasteiger partial charge in [0.15, 0.2) is 0 Å². The van der Waals surface area contributed by atoms with Crippen molar-refractivity contribution in [3.05, 3.63) is 18.0 Å². The largest absolute Gasteiger partial charge is 0.465 e. The third-order valence-electron chi connectivity index (χ3n) is 2.76. The van der Waals surface area contributed by atoms with Crippen molar-refractivity contribution in [1.29, 1.82) is 0 Å². The Kier molecular flexibility index (Phi) is 3.45. The summed E-state index contributed by atoms with van der Waals surface area (Å²) in [5.74, 6) is 0.169. The van der Waals surface area contributed by atoms with Gasteiger partial charge in [-0.1, -0.05) is 0 Å². The van der Waals surface area contributed by atoms with Crippen LogP contribution in [-0.2, 0) is 6.18 Å². The van der Waals surface area contributed by atoms with Crippen LogP contribution in [0.25, 0.3) is 0 Å². The lowest BCUT2D eigenvalue weighted by atomic mass is 10.3. The highest BCUT2D eigenvalue weighted by Gasteiger charge is 2.32. The van der Waals surface area contributed by atoms with Crippen molar-refractivity contribution in [2.75, 3.05) is 18.0 Å². The maximum Gasteiger partial charge on any atom is 0.419 e. The second-order valence-corrected chi connectivity index (χ2v) is 4.15. The molecule has 1 aromatic heterocycles. The van der Waals surface area contributed by atoms with E-state index in [1.165, 1.54) is 0 Å². The predicted molar refractivity (Wildman–Crippen MR) is 58.8 cm³/mol. The van der Waals surface area contributed by atoms with Gasteiger partial charge >= 0.3 is 12.3 Å². The van der Waals surface area contributed by atoms with Gasteiger partial charge in [-0.25, -0.2) is 14.8 Å². The Morgan fingerprint density at radius 1 is 1.42 bits per heavy atom. The van der Waals surface area contributed by atoms with Crippen molar-refractivity contribution in [2.24, 2.45) is 0 Å². The number of carboxylic acid groups (broad SMARTS) is 1. The molecule has 1 saturated heterocycles.